The van der Waals surface area contributed by atoms with Crippen LogP contribution in [0.3, 0.4) is 0 Å². The van der Waals surface area contributed by atoms with E-state index in [4.69, 9.17) is 38.2 Å². The second-order valence-corrected chi connectivity index (χ2v) is 13.8. The Morgan fingerprint density at radius 1 is 0.978 bits per heavy atom. The predicted molar refractivity (Wildman–Crippen MR) is 157 cm³/mol. The first kappa shape index (κ1) is 31.0. The third kappa shape index (κ3) is 3.66. The van der Waals surface area contributed by atoms with Crippen molar-refractivity contribution in [1.82, 2.24) is 0 Å². The monoisotopic (exact) mass is 629 g/mol. The number of aliphatic hydroxyl groups excluding tert-OH is 1. The fourth-order valence-corrected chi connectivity index (χ4v) is 11.4. The molecule has 6 aliphatic rings. The zero-order valence-corrected chi connectivity index (χ0v) is 26.5. The molecule has 1 aromatic carbocycles. The van der Waals surface area contributed by atoms with Gasteiger partial charge >= 0.3 is 11.9 Å². The number of fused-ring (bicyclic) bond motifs is 2. The number of ether oxygens (including phenoxy) is 7. The number of esters is 2. The molecule has 5 saturated carbocycles. The Labute approximate surface area is 262 Å². The summed E-state index contributed by atoms with van der Waals surface area (Å²) < 4.78 is 42.5. The highest BCUT2D eigenvalue weighted by atomic mass is 16.6. The summed E-state index contributed by atoms with van der Waals surface area (Å²) in [6, 6.07) is 6.13. The largest absolute Gasteiger partial charge is 0.497 e. The molecule has 7 rings (SSSR count). The molecule has 12 nitrogen and oxygen atoms in total. The molecule has 246 valence electrons. The van der Waals surface area contributed by atoms with E-state index in [2.05, 4.69) is 0 Å². The molecule has 0 aromatic heterocycles. The lowest BCUT2D eigenvalue weighted by atomic mass is 9.44. The smallest absolute Gasteiger partial charge is 0.338 e. The van der Waals surface area contributed by atoms with Crippen molar-refractivity contribution in [1.29, 1.82) is 0 Å². The average molecular weight is 630 g/mol. The number of methoxy groups -OCH3 is 5. The molecule has 2 N–H and O–H groups in total. The standard InChI is InChI=1S/C33H43NO11/c1-16(35)45-32-13-22(42-5)31(38)12-19(23(32)28(31)44-29(37)17-7-9-18(40-3)10-8-17)33-21(41-4)11-20(36)30(15-39-2)14-34-27(33)24(32)25(43-6)26(30)33/h7-10,14,19-28,36,38H,11-13,15H2,1-6H3/t19-,20?,21+,22+,23-,24+,25+,26-,27-,28-,30+,31-,32-,33+/m1/s1. The molecule has 14 atom stereocenters. The van der Waals surface area contributed by atoms with Crippen molar-refractivity contribution in [3.63, 3.8) is 0 Å². The number of benzene rings is 1. The maximum Gasteiger partial charge on any atom is 0.338 e. The van der Waals surface area contributed by atoms with Crippen molar-refractivity contribution in [2.24, 2.45) is 39.5 Å². The van der Waals surface area contributed by atoms with Gasteiger partial charge in [0.25, 0.3) is 0 Å². The summed E-state index contributed by atoms with van der Waals surface area (Å²) in [7, 11) is 7.91. The Morgan fingerprint density at radius 2 is 1.69 bits per heavy atom. The van der Waals surface area contributed by atoms with Gasteiger partial charge in [-0.05, 0) is 36.6 Å². The SMILES string of the molecule is COC[C@]12C=N[C@@H]3[C@@H]4[C@H](OC)[C@H]1[C@@]3([C@@H](OC)CC2O)[C@@H]1C[C@@]2(O)[C@@H](OC)C[C@@]4(OC(C)=O)[C@H]1[C@H]2OC(=O)c1ccc(OC)cc1. The molecule has 0 saturated heterocycles. The van der Waals surface area contributed by atoms with Crippen molar-refractivity contribution in [2.75, 3.05) is 42.2 Å². The van der Waals surface area contributed by atoms with Crippen molar-refractivity contribution in [3.8, 4) is 5.75 Å². The van der Waals surface area contributed by atoms with Gasteiger partial charge in [0.05, 0.1) is 55.2 Å². The third-order valence-corrected chi connectivity index (χ3v) is 12.5. The lowest BCUT2D eigenvalue weighted by Gasteiger charge is -2.65. The summed E-state index contributed by atoms with van der Waals surface area (Å²) in [5.41, 5.74) is -4.27. The number of aliphatic hydroxyl groups is 2. The van der Waals surface area contributed by atoms with E-state index in [9.17, 15) is 19.8 Å². The Morgan fingerprint density at radius 3 is 2.29 bits per heavy atom. The normalized spacial score (nSPS) is 48.2. The molecule has 5 fully saturated rings. The van der Waals surface area contributed by atoms with Crippen LogP contribution in [-0.2, 0) is 33.2 Å². The minimum Gasteiger partial charge on any atom is -0.497 e. The molecule has 1 heterocycles. The predicted octanol–water partition coefficient (Wildman–Crippen LogP) is 1.43. The van der Waals surface area contributed by atoms with Gasteiger partial charge in [-0.2, -0.15) is 0 Å². The van der Waals surface area contributed by atoms with Crippen LogP contribution in [0, 0.1) is 34.5 Å². The second-order valence-electron chi connectivity index (χ2n) is 13.8. The lowest BCUT2D eigenvalue weighted by molar-refractivity contribution is -0.266. The summed E-state index contributed by atoms with van der Waals surface area (Å²) in [5, 5.41) is 24.4. The van der Waals surface area contributed by atoms with E-state index in [1.807, 2.05) is 6.21 Å². The number of hydrogen-bond donors (Lipinski definition) is 2. The number of carbonyl (C=O) groups excluding carboxylic acids is 2. The lowest BCUT2D eigenvalue weighted by Crippen LogP contribution is -2.74. The van der Waals surface area contributed by atoms with Crippen LogP contribution in [0.2, 0.25) is 0 Å². The highest BCUT2D eigenvalue weighted by Gasteiger charge is 2.89. The van der Waals surface area contributed by atoms with Crippen molar-refractivity contribution < 1.29 is 53.0 Å². The van der Waals surface area contributed by atoms with Gasteiger partial charge in [-0.15, -0.1) is 0 Å². The van der Waals surface area contributed by atoms with Crippen molar-refractivity contribution >= 4 is 18.2 Å². The van der Waals surface area contributed by atoms with Crippen LogP contribution in [0.15, 0.2) is 29.3 Å². The Balaban J connectivity index is 1.45. The molecule has 0 radical (unpaired) electrons. The first-order valence-corrected chi connectivity index (χ1v) is 15.6. The van der Waals surface area contributed by atoms with Crippen molar-refractivity contribution in [3.05, 3.63) is 29.8 Å². The van der Waals surface area contributed by atoms with Crippen LogP contribution < -0.4 is 4.74 Å². The summed E-state index contributed by atoms with van der Waals surface area (Å²) in [5.74, 6) is -2.46. The van der Waals surface area contributed by atoms with E-state index in [1.165, 1.54) is 14.0 Å². The highest BCUT2D eigenvalue weighted by Crippen LogP contribution is 2.79. The van der Waals surface area contributed by atoms with E-state index in [0.29, 0.717) is 12.2 Å². The molecule has 1 aromatic rings. The Kier molecular flexibility index (Phi) is 7.20. The van der Waals surface area contributed by atoms with Gasteiger partial charge in [0.15, 0.2) is 0 Å². The molecule has 0 amide bonds. The molecule has 1 unspecified atom stereocenters. The maximum absolute atomic E-state index is 13.8. The van der Waals surface area contributed by atoms with Crippen LogP contribution in [0.5, 0.6) is 5.75 Å². The highest BCUT2D eigenvalue weighted by molar-refractivity contribution is 5.89. The summed E-state index contributed by atoms with van der Waals surface area (Å²) in [6.45, 7) is 1.56. The first-order valence-electron chi connectivity index (χ1n) is 15.6. The Bertz CT molecular complexity index is 1390. The van der Waals surface area contributed by atoms with Crippen LogP contribution in [0.1, 0.15) is 36.5 Å². The van der Waals surface area contributed by atoms with E-state index in [-0.39, 0.29) is 30.9 Å². The van der Waals surface area contributed by atoms with E-state index in [1.54, 1.807) is 52.7 Å². The van der Waals surface area contributed by atoms with Gasteiger partial charge in [-0.25, -0.2) is 4.79 Å². The van der Waals surface area contributed by atoms with E-state index in [0.717, 1.165) is 0 Å². The van der Waals surface area contributed by atoms with Gasteiger partial charge in [0, 0.05) is 77.6 Å². The zero-order valence-electron chi connectivity index (χ0n) is 26.5. The molecule has 5 aliphatic carbocycles. The van der Waals surface area contributed by atoms with Crippen LogP contribution in [0.4, 0.5) is 0 Å². The molecular formula is C33H43NO11. The van der Waals surface area contributed by atoms with E-state index >= 15 is 0 Å². The minimum absolute atomic E-state index is 0.161. The molecule has 1 aliphatic heterocycles. The Hall–Kier alpha value is -2.61. The van der Waals surface area contributed by atoms with Gasteiger partial charge < -0.3 is 43.4 Å². The van der Waals surface area contributed by atoms with Crippen molar-refractivity contribution in [2.45, 2.75) is 73.9 Å². The summed E-state index contributed by atoms with van der Waals surface area (Å²) in [6.07, 6.45) is -1.28. The third-order valence-electron chi connectivity index (χ3n) is 12.5. The maximum atomic E-state index is 13.8. The van der Waals surface area contributed by atoms with Gasteiger partial charge in [-0.1, -0.05) is 0 Å². The van der Waals surface area contributed by atoms with Gasteiger partial charge in [-0.3, -0.25) is 9.79 Å². The van der Waals surface area contributed by atoms with Crippen LogP contribution in [0.25, 0.3) is 0 Å². The molecule has 45 heavy (non-hydrogen) atoms. The number of carbonyl (C=O) groups is 2. The summed E-state index contributed by atoms with van der Waals surface area (Å²) in [4.78, 5) is 32.0. The zero-order chi connectivity index (χ0) is 32.1. The second kappa shape index (κ2) is 10.4. The topological polar surface area (TPSA) is 152 Å². The minimum atomic E-state index is -1.60. The average Bonchev–Trinajstić information content (AvgIpc) is 3.37. The fourth-order valence-electron chi connectivity index (χ4n) is 11.4. The van der Waals surface area contributed by atoms with Gasteiger partial charge in [0.2, 0.25) is 0 Å². The first-order chi connectivity index (χ1) is 21.5. The quantitative estimate of drug-likeness (QED) is 0.382. The molecule has 1 spiro atoms. The molecule has 7 bridgehead atoms. The van der Waals surface area contributed by atoms with Crippen LogP contribution >= 0.6 is 0 Å². The van der Waals surface area contributed by atoms with Gasteiger partial charge in [0.1, 0.15) is 23.1 Å². The number of hydrogen-bond acceptors (Lipinski definition) is 12. The number of aliphatic imine (C=N–C) groups is 1. The molecular weight excluding hydrogens is 586 g/mol. The number of nitrogens with zero attached hydrogens (tertiary/aromatic N) is 1. The van der Waals surface area contributed by atoms with Crippen LogP contribution in [-0.4, -0.2) is 118 Å². The molecule has 12 heteroatoms. The fraction of sp³-hybridized carbons (Fsp3) is 0.727. The van der Waals surface area contributed by atoms with E-state index < -0.39 is 88.3 Å². The number of rotatable bonds is 9. The summed E-state index contributed by atoms with van der Waals surface area (Å²) >= 11 is 0.